The minimum atomic E-state index is -0.800. The minimum Gasteiger partial charge on any atom is -0.480 e. The number of methoxy groups -OCH3 is 1. The highest BCUT2D eigenvalue weighted by molar-refractivity contribution is 7.18. The number of rotatable bonds is 5. The van der Waals surface area contributed by atoms with Gasteiger partial charge in [-0.15, -0.1) is 11.3 Å². The lowest BCUT2D eigenvalue weighted by atomic mass is 9.89. The molecule has 0 radical (unpaired) electrons. The molecule has 11 heteroatoms. The number of amides is 3. The molecule has 3 N–H and O–H groups in total. The van der Waals surface area contributed by atoms with Gasteiger partial charge in [0.2, 0.25) is 5.88 Å². The van der Waals surface area contributed by atoms with E-state index >= 15 is 0 Å². The maximum atomic E-state index is 13.5. The van der Waals surface area contributed by atoms with Crippen molar-refractivity contribution < 1.29 is 19.1 Å². The normalized spacial score (nSPS) is 22.8. The quantitative estimate of drug-likeness (QED) is 0.449. The number of nitrogens with zero attached hydrogens (tertiary/aromatic N) is 4. The number of ether oxygens (including phenoxy) is 1. The highest BCUT2D eigenvalue weighted by Crippen LogP contribution is 2.44. The molecule has 0 saturated carbocycles. The number of likely N-dealkylation sites (tertiary alicyclic amines) is 2. The molecule has 0 unspecified atom stereocenters. The standard InChI is InChI=1S/C29H36N6O4S/c1-16-6-8-22(17-7-9-23-21(12-17)33-27(40-23)20-10-11-34(4)29(20,2)3)35(15-16)28(38)25(37)32-18-13-19(24(30)36)26(39-5)31-14-18/h7,9,12-14,16,20,22H,6,8,10-11,15H2,1-5H3,(H2,30,36)(H,32,37)/t16-,20+,22+/m0/s1. The molecule has 2 aliphatic rings. The van der Waals surface area contributed by atoms with Gasteiger partial charge in [0.15, 0.2) is 0 Å². The molecule has 0 bridgehead atoms. The minimum absolute atomic E-state index is 0.0146. The van der Waals surface area contributed by atoms with Gasteiger partial charge >= 0.3 is 11.8 Å². The van der Waals surface area contributed by atoms with Crippen molar-refractivity contribution in [2.75, 3.05) is 32.6 Å². The van der Waals surface area contributed by atoms with E-state index in [0.717, 1.165) is 46.6 Å². The molecule has 2 aromatic heterocycles. The highest BCUT2D eigenvalue weighted by atomic mass is 32.1. The van der Waals surface area contributed by atoms with Crippen LogP contribution in [0.1, 0.15) is 72.9 Å². The number of fused-ring (bicyclic) bond motifs is 1. The van der Waals surface area contributed by atoms with E-state index in [4.69, 9.17) is 15.5 Å². The number of piperidine rings is 1. The lowest BCUT2D eigenvalue weighted by Crippen LogP contribution is -2.46. The summed E-state index contributed by atoms with van der Waals surface area (Å²) in [5.41, 5.74) is 7.56. The average molecular weight is 565 g/mol. The number of primary amides is 1. The van der Waals surface area contributed by atoms with Gasteiger partial charge in [0.05, 0.1) is 40.3 Å². The van der Waals surface area contributed by atoms with Crippen molar-refractivity contribution >= 4 is 45.0 Å². The van der Waals surface area contributed by atoms with Crippen LogP contribution in [-0.4, -0.2) is 70.3 Å². The summed E-state index contributed by atoms with van der Waals surface area (Å²) in [7, 11) is 3.53. The number of aromatic nitrogens is 2. The van der Waals surface area contributed by atoms with E-state index in [1.807, 2.05) is 0 Å². The fourth-order valence-electron chi connectivity index (χ4n) is 5.87. The summed E-state index contributed by atoms with van der Waals surface area (Å²) in [5.74, 6) is -1.51. The van der Waals surface area contributed by atoms with E-state index in [0.29, 0.717) is 12.5 Å². The number of likely N-dealkylation sites (N-methyl/N-ethyl adjacent to an activating group) is 1. The number of pyridine rings is 1. The Hall–Kier alpha value is -3.57. The molecule has 3 aromatic rings. The van der Waals surface area contributed by atoms with Crippen LogP contribution in [0.2, 0.25) is 0 Å². The zero-order valence-corrected chi connectivity index (χ0v) is 24.4. The maximum Gasteiger partial charge on any atom is 0.313 e. The van der Waals surface area contributed by atoms with E-state index in [1.54, 1.807) is 16.2 Å². The number of carbonyl (C=O) groups is 3. The Labute approximate surface area is 237 Å². The topological polar surface area (TPSA) is 131 Å². The lowest BCUT2D eigenvalue weighted by molar-refractivity contribution is -0.146. The Morgan fingerprint density at radius 1 is 1.18 bits per heavy atom. The van der Waals surface area contributed by atoms with Crippen molar-refractivity contribution in [1.29, 1.82) is 0 Å². The van der Waals surface area contributed by atoms with Crippen LogP contribution in [0.4, 0.5) is 5.69 Å². The van der Waals surface area contributed by atoms with Crippen LogP contribution < -0.4 is 15.8 Å². The van der Waals surface area contributed by atoms with Gasteiger partial charge < -0.3 is 25.6 Å². The third-order valence-electron chi connectivity index (χ3n) is 8.54. The zero-order valence-electron chi connectivity index (χ0n) is 23.6. The summed E-state index contributed by atoms with van der Waals surface area (Å²) in [4.78, 5) is 51.4. The molecule has 0 spiro atoms. The van der Waals surface area contributed by atoms with Crippen LogP contribution >= 0.6 is 11.3 Å². The van der Waals surface area contributed by atoms with Crippen molar-refractivity contribution in [3.63, 3.8) is 0 Å². The number of hydrogen-bond acceptors (Lipinski definition) is 8. The first-order valence-electron chi connectivity index (χ1n) is 13.6. The molecule has 212 valence electrons. The summed E-state index contributed by atoms with van der Waals surface area (Å²) in [5, 5.41) is 3.72. The first kappa shape index (κ1) is 28.0. The van der Waals surface area contributed by atoms with E-state index in [2.05, 4.69) is 61.2 Å². The van der Waals surface area contributed by atoms with Crippen molar-refractivity contribution in [3.05, 3.63) is 46.6 Å². The molecule has 2 aliphatic heterocycles. The van der Waals surface area contributed by atoms with Crippen molar-refractivity contribution in [2.24, 2.45) is 11.7 Å². The highest BCUT2D eigenvalue weighted by Gasteiger charge is 2.41. The van der Waals surface area contributed by atoms with Crippen molar-refractivity contribution in [2.45, 2.75) is 57.5 Å². The Morgan fingerprint density at radius 3 is 2.62 bits per heavy atom. The van der Waals surface area contributed by atoms with Crippen LogP contribution in [0.15, 0.2) is 30.5 Å². The molecule has 10 nitrogen and oxygen atoms in total. The molecular formula is C29H36N6O4S. The van der Waals surface area contributed by atoms with Gasteiger partial charge in [0.1, 0.15) is 5.56 Å². The number of nitrogens with one attached hydrogen (secondary N) is 1. The van der Waals surface area contributed by atoms with Gasteiger partial charge in [0.25, 0.3) is 5.91 Å². The van der Waals surface area contributed by atoms with Gasteiger partial charge in [-0.05, 0) is 76.4 Å². The van der Waals surface area contributed by atoms with Gasteiger partial charge in [-0.3, -0.25) is 14.4 Å². The number of thiazole rings is 1. The molecule has 40 heavy (non-hydrogen) atoms. The first-order chi connectivity index (χ1) is 19.0. The van der Waals surface area contributed by atoms with Gasteiger partial charge in [0, 0.05) is 18.0 Å². The maximum absolute atomic E-state index is 13.5. The first-order valence-corrected chi connectivity index (χ1v) is 14.4. The Morgan fingerprint density at radius 2 is 1.95 bits per heavy atom. The van der Waals surface area contributed by atoms with Crippen LogP contribution in [0.25, 0.3) is 10.2 Å². The molecule has 3 atom stereocenters. The summed E-state index contributed by atoms with van der Waals surface area (Å²) in [6, 6.07) is 7.33. The monoisotopic (exact) mass is 564 g/mol. The summed E-state index contributed by atoms with van der Waals surface area (Å²) >= 11 is 1.74. The van der Waals surface area contributed by atoms with Crippen LogP contribution in [0.5, 0.6) is 5.88 Å². The molecule has 2 saturated heterocycles. The van der Waals surface area contributed by atoms with Crippen LogP contribution in [0.3, 0.4) is 0 Å². The van der Waals surface area contributed by atoms with E-state index in [9.17, 15) is 14.4 Å². The number of hydrogen-bond donors (Lipinski definition) is 2. The molecule has 0 aliphatic carbocycles. The number of carbonyl (C=O) groups excluding carboxylic acids is 3. The zero-order chi connectivity index (χ0) is 28.8. The predicted octanol–water partition coefficient (Wildman–Crippen LogP) is 3.93. The molecule has 2 fully saturated rings. The summed E-state index contributed by atoms with van der Waals surface area (Å²) in [6.07, 6.45) is 4.10. The smallest absolute Gasteiger partial charge is 0.313 e. The average Bonchev–Trinajstić information content (AvgIpc) is 3.46. The van der Waals surface area contributed by atoms with Crippen LogP contribution in [0, 0.1) is 5.92 Å². The number of nitrogens with two attached hydrogens (primary N) is 1. The SMILES string of the molecule is COc1ncc(NC(=O)C(=O)N2C[C@@H](C)CC[C@@H]2c2ccc3sc([C@H]4CCN(C)C4(C)C)nc3c2)cc1C(N)=O. The van der Waals surface area contributed by atoms with Crippen LogP contribution in [-0.2, 0) is 9.59 Å². The Bertz CT molecular complexity index is 1470. The molecule has 1 aromatic carbocycles. The van der Waals surface area contributed by atoms with E-state index in [1.165, 1.54) is 19.4 Å². The molecular weight excluding hydrogens is 528 g/mol. The number of benzene rings is 1. The molecule has 5 rings (SSSR count). The summed E-state index contributed by atoms with van der Waals surface area (Å²) in [6.45, 7) is 8.15. The number of anilines is 1. The van der Waals surface area contributed by atoms with Gasteiger partial charge in [-0.1, -0.05) is 13.0 Å². The van der Waals surface area contributed by atoms with E-state index < -0.39 is 17.7 Å². The second kappa shape index (κ2) is 10.8. The van der Waals surface area contributed by atoms with E-state index in [-0.39, 0.29) is 34.6 Å². The predicted molar refractivity (Wildman–Crippen MR) is 154 cm³/mol. The van der Waals surface area contributed by atoms with Gasteiger partial charge in [-0.2, -0.15) is 0 Å². The van der Waals surface area contributed by atoms with Crippen molar-refractivity contribution in [3.8, 4) is 5.88 Å². The lowest BCUT2D eigenvalue weighted by Gasteiger charge is -2.38. The Balaban J connectivity index is 1.38. The fourth-order valence-corrected chi connectivity index (χ4v) is 7.14. The third-order valence-corrected chi connectivity index (χ3v) is 9.69. The summed E-state index contributed by atoms with van der Waals surface area (Å²) < 4.78 is 6.18. The second-order valence-corrected chi connectivity index (χ2v) is 12.5. The van der Waals surface area contributed by atoms with Crippen molar-refractivity contribution in [1.82, 2.24) is 19.8 Å². The Kier molecular flexibility index (Phi) is 7.54. The van der Waals surface area contributed by atoms with Gasteiger partial charge in [-0.25, -0.2) is 9.97 Å². The molecule has 4 heterocycles. The fraction of sp³-hybridized carbons (Fsp3) is 0.483. The second-order valence-electron chi connectivity index (χ2n) is 11.5. The third kappa shape index (κ3) is 5.15. The largest absolute Gasteiger partial charge is 0.480 e. The molecule has 3 amide bonds.